The number of hydrogen-bond acceptors (Lipinski definition) is 0. The fourth-order valence-corrected chi connectivity index (χ4v) is 12.4. The molecule has 0 fully saturated rings. The van der Waals surface area contributed by atoms with E-state index in [1.54, 1.807) is 34.7 Å². The molecule has 0 saturated carbocycles. The van der Waals surface area contributed by atoms with Crippen LogP contribution in [0.3, 0.4) is 0 Å². The molecule has 7 aromatic rings. The summed E-state index contributed by atoms with van der Waals surface area (Å²) >= 11 is 0. The van der Waals surface area contributed by atoms with Crippen LogP contribution in [-0.2, 0) is 25.7 Å². The van der Waals surface area contributed by atoms with Gasteiger partial charge < -0.3 is 0 Å². The summed E-state index contributed by atoms with van der Waals surface area (Å²) in [4.78, 5) is 0. The van der Waals surface area contributed by atoms with Crippen LogP contribution in [0.1, 0.15) is 344 Å². The summed E-state index contributed by atoms with van der Waals surface area (Å²) in [6.45, 7) is 69.4. The van der Waals surface area contributed by atoms with Crippen LogP contribution in [0.25, 0.3) is 0 Å². The topological polar surface area (TPSA) is 0 Å². The number of rotatable bonds is 15. The van der Waals surface area contributed by atoms with Crippen LogP contribution in [0, 0.1) is 53.4 Å². The van der Waals surface area contributed by atoms with Crippen molar-refractivity contribution in [2.75, 3.05) is 0 Å². The van der Waals surface area contributed by atoms with Gasteiger partial charge in [0.2, 0.25) is 0 Å². The van der Waals surface area contributed by atoms with Crippen molar-refractivity contribution in [3.8, 4) is 0 Å². The van der Waals surface area contributed by atoms with Crippen molar-refractivity contribution in [1.82, 2.24) is 0 Å². The SMILES string of the molecule is CC(C)Cc1cccc(CC(C)C)c1C(C)C.CC(C)F.CC(C)c1cccc(C(C)C)c1C(C)C.CC(C)c1ccccc1.CCc1cccc(CC)c1C(C)C.Cc1cc(C)c(C(C)C)c(C)c1.Cc1cccc(C)c1C(C)C.[2H]c1c([2H])c(C)c([2H])c(C(C)C)c1[2H]. The molecule has 0 heterocycles. The van der Waals surface area contributed by atoms with Gasteiger partial charge in [-0.25, -0.2) is 4.39 Å². The van der Waals surface area contributed by atoms with Gasteiger partial charge in [0.15, 0.2) is 0 Å². The van der Waals surface area contributed by atoms with Gasteiger partial charge in [0.1, 0.15) is 0 Å². The lowest BCUT2D eigenvalue weighted by Gasteiger charge is -2.22. The Morgan fingerprint density at radius 3 is 0.956 bits per heavy atom. The van der Waals surface area contributed by atoms with Crippen molar-refractivity contribution in [1.29, 1.82) is 0 Å². The largest absolute Gasteiger partial charge is 0.248 e. The molecule has 0 N–H and O–H groups in total. The monoisotopic (exact) mass is 1240 g/mol. The third-order valence-electron chi connectivity index (χ3n) is 16.0. The molecule has 0 amide bonds. The first kappa shape index (κ1) is 77.9. The highest BCUT2D eigenvalue weighted by atomic mass is 19.1. The van der Waals surface area contributed by atoms with E-state index in [1.165, 1.54) is 93.5 Å². The quantitative estimate of drug-likeness (QED) is 0.0960. The Balaban J connectivity index is 0.00000108. The van der Waals surface area contributed by atoms with E-state index >= 15 is 0 Å². The summed E-state index contributed by atoms with van der Waals surface area (Å²) in [5.41, 5.74) is 26.5. The number of aryl methyl sites for hydroxylation is 7. The summed E-state index contributed by atoms with van der Waals surface area (Å²) in [5.74, 6) is 6.66. The zero-order valence-electron chi connectivity index (χ0n) is 68.6. The highest BCUT2D eigenvalue weighted by Gasteiger charge is 2.17. The lowest BCUT2D eigenvalue weighted by molar-refractivity contribution is 0.391. The predicted octanol–water partition coefficient (Wildman–Crippen LogP) is 28.7. The van der Waals surface area contributed by atoms with Gasteiger partial charge in [-0.15, -0.1) is 0 Å². The van der Waals surface area contributed by atoms with Gasteiger partial charge >= 0.3 is 0 Å². The Morgan fingerprint density at radius 1 is 0.319 bits per heavy atom. The Kier molecular flexibility index (Phi) is 38.5. The van der Waals surface area contributed by atoms with E-state index in [9.17, 15) is 4.39 Å². The maximum atomic E-state index is 11.0. The maximum Gasteiger partial charge on any atom is 0.0945 e. The third kappa shape index (κ3) is 32.7. The molecule has 1 heteroatoms. The van der Waals surface area contributed by atoms with E-state index in [-0.39, 0.29) is 30.1 Å². The smallest absolute Gasteiger partial charge is 0.0945 e. The lowest BCUT2D eigenvalue weighted by atomic mass is 9.83. The molecule has 506 valence electrons. The highest BCUT2D eigenvalue weighted by molar-refractivity contribution is 5.43. The van der Waals surface area contributed by atoms with Crippen molar-refractivity contribution in [3.63, 3.8) is 0 Å². The van der Waals surface area contributed by atoms with E-state index in [2.05, 4.69) is 296 Å². The van der Waals surface area contributed by atoms with E-state index in [4.69, 9.17) is 5.48 Å². The highest BCUT2D eigenvalue weighted by Crippen LogP contribution is 2.34. The minimum atomic E-state index is -0.667. The number of halogens is 1. The standard InChI is InChI=1S/C17H28.C15H24.C13H20.C12H18.C11H16.C10H14.C9H12.C3H7F/c1-12(2)10-15-8-7-9-16(11-13(3)4)17(15)14(5)6;1-10(2)13-8-7-9-14(11(3)4)15(13)12(5)6;1-5-11-8-7-9-12(6-2)13(11)10(3)4;1-8(2)12-10(4)6-9(3)7-11(12)5;1-8(2)11-9(3)6-5-7-10(11)4;1-8(2)10-6-4-5-9(3)7-10;1-8(2)9-6-4-3-5-7-9;1-3(2)4/h7-9,12-14H,10-11H2,1-6H3;7-12H,1-6H3;7-10H,5-6H2,1-4H3;6-8H,1-5H3;5-8H,1-4H3;4-8H,1-3H3;3-8H,1-2H3;3H,1-2H3/i;;;;;4D,5D,6D,7D;;. The van der Waals surface area contributed by atoms with Gasteiger partial charge in [0.25, 0.3) is 0 Å². The first-order valence-electron chi connectivity index (χ1n) is 37.4. The Labute approximate surface area is 570 Å². The van der Waals surface area contributed by atoms with E-state index in [0.717, 1.165) is 24.7 Å². The van der Waals surface area contributed by atoms with Crippen LogP contribution in [-0.4, -0.2) is 6.17 Å². The fraction of sp³-hybridized carbons (Fsp3) is 0.533. The van der Waals surface area contributed by atoms with E-state index in [1.807, 2.05) is 19.9 Å². The van der Waals surface area contributed by atoms with Crippen molar-refractivity contribution in [2.24, 2.45) is 11.8 Å². The molecule has 0 radical (unpaired) electrons. The van der Waals surface area contributed by atoms with Crippen LogP contribution < -0.4 is 0 Å². The molecule has 0 aliphatic heterocycles. The predicted molar refractivity (Wildman–Crippen MR) is 412 cm³/mol. The Bertz CT molecular complexity index is 3120. The number of hydrogen-bond donors (Lipinski definition) is 0. The van der Waals surface area contributed by atoms with Crippen molar-refractivity contribution in [2.45, 2.75) is 307 Å². The first-order chi connectivity index (χ1) is 44.1. The van der Waals surface area contributed by atoms with E-state index < -0.39 is 6.17 Å². The molecule has 0 spiro atoms. The number of alkyl halides is 1. The minimum Gasteiger partial charge on any atom is -0.248 e. The molecule has 0 aromatic heterocycles. The molecular formula is C90H139F. The zero-order valence-corrected chi connectivity index (χ0v) is 64.6. The zero-order chi connectivity index (χ0) is 73.5. The molecular weight excluding hydrogens is 1100 g/mol. The van der Waals surface area contributed by atoms with Gasteiger partial charge in [-0.05, 0) is 241 Å². The summed E-state index contributed by atoms with van der Waals surface area (Å²) in [5, 5.41) is 0. The number of benzene rings is 7. The normalized spacial score (nSPS) is 11.6. The van der Waals surface area contributed by atoms with Crippen LogP contribution in [0.4, 0.5) is 4.39 Å². The molecule has 0 unspecified atom stereocenters. The van der Waals surface area contributed by atoms with Crippen molar-refractivity contribution < 1.29 is 9.87 Å². The fourth-order valence-electron chi connectivity index (χ4n) is 12.4. The van der Waals surface area contributed by atoms with Crippen LogP contribution in [0.2, 0.25) is 0 Å². The first-order valence-corrected chi connectivity index (χ1v) is 35.4. The Hall–Kier alpha value is -5.53. The lowest BCUT2D eigenvalue weighted by Crippen LogP contribution is -2.07. The van der Waals surface area contributed by atoms with Gasteiger partial charge in [0, 0.05) is 0 Å². The summed E-state index contributed by atoms with van der Waals surface area (Å²) < 4.78 is 41.6. The average Bonchev–Trinajstić information content (AvgIpc) is 0.810. The second-order valence-corrected chi connectivity index (χ2v) is 29.2. The summed E-state index contributed by atoms with van der Waals surface area (Å²) in [7, 11) is 0. The third-order valence-corrected chi connectivity index (χ3v) is 16.0. The molecule has 91 heavy (non-hydrogen) atoms. The summed E-state index contributed by atoms with van der Waals surface area (Å²) in [6.07, 6.45) is 4.06. The van der Waals surface area contributed by atoms with Crippen LogP contribution in [0.5, 0.6) is 0 Å². The van der Waals surface area contributed by atoms with Gasteiger partial charge in [-0.1, -0.05) is 317 Å². The summed E-state index contributed by atoms with van der Waals surface area (Å²) in [6, 6.07) is 42.1. The second kappa shape index (κ2) is 44.9. The molecule has 0 aliphatic carbocycles. The maximum absolute atomic E-state index is 11.0. The van der Waals surface area contributed by atoms with Crippen molar-refractivity contribution >= 4 is 0 Å². The molecule has 7 aromatic carbocycles. The van der Waals surface area contributed by atoms with Crippen LogP contribution >= 0.6 is 0 Å². The molecule has 7 rings (SSSR count). The van der Waals surface area contributed by atoms with Crippen molar-refractivity contribution in [3.05, 3.63) is 245 Å². The molecule has 0 atom stereocenters. The van der Waals surface area contributed by atoms with E-state index in [0.29, 0.717) is 58.5 Å². The van der Waals surface area contributed by atoms with Crippen LogP contribution in [0.15, 0.2) is 139 Å². The second-order valence-electron chi connectivity index (χ2n) is 29.2. The van der Waals surface area contributed by atoms with Gasteiger partial charge in [-0.3, -0.25) is 0 Å². The average molecular weight is 1240 g/mol. The van der Waals surface area contributed by atoms with Gasteiger partial charge in [-0.2, -0.15) is 0 Å². The molecule has 0 aliphatic rings. The molecule has 0 nitrogen and oxygen atoms in total. The minimum absolute atomic E-state index is 0.00407. The van der Waals surface area contributed by atoms with Gasteiger partial charge in [0.05, 0.1) is 11.7 Å². The Morgan fingerprint density at radius 2 is 0.648 bits per heavy atom. The molecule has 0 saturated heterocycles. The molecule has 0 bridgehead atoms.